The Labute approximate surface area is 126 Å². The first-order valence-electron chi connectivity index (χ1n) is 7.37. The standard InChI is InChI=1S/C16H24N2O3/c1-20-15-7-6-12(9-13(15)10-17)11-18-8-4-3-5-14(18)16(19)21-2/h6-7,9,14H,3-5,8,10-11,17H2,1-2H3. The van der Waals surface area contributed by atoms with Gasteiger partial charge in [0.1, 0.15) is 11.8 Å². The summed E-state index contributed by atoms with van der Waals surface area (Å²) in [7, 11) is 3.10. The second-order valence-electron chi connectivity index (χ2n) is 5.36. The van der Waals surface area contributed by atoms with Crippen molar-refractivity contribution in [3.05, 3.63) is 29.3 Å². The van der Waals surface area contributed by atoms with Crippen LogP contribution in [0.25, 0.3) is 0 Å². The van der Waals surface area contributed by atoms with Crippen LogP contribution in [0.5, 0.6) is 5.75 Å². The molecule has 0 amide bonds. The monoisotopic (exact) mass is 292 g/mol. The summed E-state index contributed by atoms with van der Waals surface area (Å²) in [6, 6.07) is 5.89. The minimum absolute atomic E-state index is 0.132. The van der Waals surface area contributed by atoms with Crippen LogP contribution in [0.15, 0.2) is 18.2 Å². The van der Waals surface area contributed by atoms with Crippen LogP contribution in [0.3, 0.4) is 0 Å². The SMILES string of the molecule is COC(=O)C1CCCCN1Cc1ccc(OC)c(CN)c1. The quantitative estimate of drug-likeness (QED) is 0.837. The lowest BCUT2D eigenvalue weighted by Crippen LogP contribution is -2.44. The van der Waals surface area contributed by atoms with E-state index in [4.69, 9.17) is 15.2 Å². The Morgan fingerprint density at radius 3 is 2.86 bits per heavy atom. The summed E-state index contributed by atoms with van der Waals surface area (Å²) < 4.78 is 10.2. The van der Waals surface area contributed by atoms with Crippen molar-refractivity contribution >= 4 is 5.97 Å². The predicted molar refractivity (Wildman–Crippen MR) is 81.0 cm³/mol. The van der Waals surface area contributed by atoms with Gasteiger partial charge in [0.25, 0.3) is 0 Å². The van der Waals surface area contributed by atoms with Crippen LogP contribution in [-0.4, -0.2) is 37.7 Å². The number of rotatable bonds is 5. The van der Waals surface area contributed by atoms with E-state index in [1.807, 2.05) is 12.1 Å². The lowest BCUT2D eigenvalue weighted by Gasteiger charge is -2.33. The van der Waals surface area contributed by atoms with Crippen molar-refractivity contribution in [2.24, 2.45) is 5.73 Å². The molecule has 5 nitrogen and oxygen atoms in total. The molecule has 0 spiro atoms. The second-order valence-corrected chi connectivity index (χ2v) is 5.36. The molecule has 2 N–H and O–H groups in total. The van der Waals surface area contributed by atoms with Crippen molar-refractivity contribution in [1.29, 1.82) is 0 Å². The van der Waals surface area contributed by atoms with E-state index in [-0.39, 0.29) is 12.0 Å². The Morgan fingerprint density at radius 2 is 2.19 bits per heavy atom. The molecular weight excluding hydrogens is 268 g/mol. The maximum absolute atomic E-state index is 11.9. The van der Waals surface area contributed by atoms with Crippen LogP contribution >= 0.6 is 0 Å². The molecule has 116 valence electrons. The molecule has 5 heteroatoms. The third-order valence-corrected chi connectivity index (χ3v) is 4.04. The molecule has 1 saturated heterocycles. The number of nitrogens with zero attached hydrogens (tertiary/aromatic N) is 1. The number of piperidine rings is 1. The Morgan fingerprint density at radius 1 is 1.38 bits per heavy atom. The average Bonchev–Trinajstić information content (AvgIpc) is 2.54. The van der Waals surface area contributed by atoms with Gasteiger partial charge in [-0.1, -0.05) is 12.5 Å². The molecular formula is C16H24N2O3. The van der Waals surface area contributed by atoms with Crippen LogP contribution in [0.2, 0.25) is 0 Å². The van der Waals surface area contributed by atoms with Gasteiger partial charge in [-0.3, -0.25) is 9.69 Å². The first-order chi connectivity index (χ1) is 10.2. The summed E-state index contributed by atoms with van der Waals surface area (Å²) in [5.41, 5.74) is 7.89. The topological polar surface area (TPSA) is 64.8 Å². The molecule has 0 aromatic heterocycles. The largest absolute Gasteiger partial charge is 0.496 e. The summed E-state index contributed by atoms with van der Waals surface area (Å²) in [5, 5.41) is 0. The van der Waals surface area contributed by atoms with E-state index in [1.54, 1.807) is 7.11 Å². The van der Waals surface area contributed by atoms with E-state index < -0.39 is 0 Å². The molecule has 2 rings (SSSR count). The van der Waals surface area contributed by atoms with Gasteiger partial charge in [0.15, 0.2) is 0 Å². The molecule has 21 heavy (non-hydrogen) atoms. The Kier molecular flexibility index (Phi) is 5.59. The Balaban J connectivity index is 2.13. The van der Waals surface area contributed by atoms with E-state index in [1.165, 1.54) is 7.11 Å². The number of esters is 1. The number of likely N-dealkylation sites (tertiary alicyclic amines) is 1. The van der Waals surface area contributed by atoms with Crippen molar-refractivity contribution in [3.8, 4) is 5.75 Å². The predicted octanol–water partition coefficient (Wildman–Crippen LogP) is 1.68. The van der Waals surface area contributed by atoms with Gasteiger partial charge in [-0.2, -0.15) is 0 Å². The average molecular weight is 292 g/mol. The zero-order valence-electron chi connectivity index (χ0n) is 12.8. The van der Waals surface area contributed by atoms with Gasteiger partial charge >= 0.3 is 5.97 Å². The maximum atomic E-state index is 11.9. The number of benzene rings is 1. The maximum Gasteiger partial charge on any atom is 0.323 e. The summed E-state index contributed by atoms with van der Waals surface area (Å²) >= 11 is 0. The molecule has 1 aromatic rings. The van der Waals surface area contributed by atoms with Gasteiger partial charge in [-0.15, -0.1) is 0 Å². The summed E-state index contributed by atoms with van der Waals surface area (Å²) in [6.45, 7) is 2.10. The van der Waals surface area contributed by atoms with Crippen LogP contribution in [0.4, 0.5) is 0 Å². The lowest BCUT2D eigenvalue weighted by atomic mass is 10.0. The summed E-state index contributed by atoms with van der Waals surface area (Å²) in [5.74, 6) is 0.673. The first kappa shape index (κ1) is 15.8. The molecule has 1 aliphatic rings. The minimum atomic E-state index is -0.137. The van der Waals surface area contributed by atoms with Gasteiger partial charge in [0.2, 0.25) is 0 Å². The number of hydrogen-bond donors (Lipinski definition) is 1. The molecule has 0 aliphatic carbocycles. The van der Waals surface area contributed by atoms with Gasteiger partial charge in [0.05, 0.1) is 14.2 Å². The number of carbonyl (C=O) groups excluding carboxylic acids is 1. The van der Waals surface area contributed by atoms with Crippen molar-refractivity contribution < 1.29 is 14.3 Å². The highest BCUT2D eigenvalue weighted by molar-refractivity contribution is 5.75. The molecule has 1 heterocycles. The van der Waals surface area contributed by atoms with Gasteiger partial charge < -0.3 is 15.2 Å². The van der Waals surface area contributed by atoms with E-state index >= 15 is 0 Å². The zero-order chi connectivity index (χ0) is 15.2. The summed E-state index contributed by atoms with van der Waals surface area (Å²) in [6.07, 6.45) is 3.06. The molecule has 1 fully saturated rings. The van der Waals surface area contributed by atoms with E-state index in [2.05, 4.69) is 11.0 Å². The molecule has 1 atom stereocenters. The molecule has 1 aromatic carbocycles. The fourth-order valence-corrected chi connectivity index (χ4v) is 2.91. The molecule has 0 saturated carbocycles. The van der Waals surface area contributed by atoms with Gasteiger partial charge in [-0.25, -0.2) is 0 Å². The van der Waals surface area contributed by atoms with Crippen LogP contribution in [0, 0.1) is 0 Å². The molecule has 0 radical (unpaired) electrons. The lowest BCUT2D eigenvalue weighted by molar-refractivity contribution is -0.148. The highest BCUT2D eigenvalue weighted by atomic mass is 16.5. The van der Waals surface area contributed by atoms with Crippen LogP contribution in [-0.2, 0) is 22.6 Å². The minimum Gasteiger partial charge on any atom is -0.496 e. The second kappa shape index (κ2) is 7.43. The van der Waals surface area contributed by atoms with Crippen LogP contribution in [0.1, 0.15) is 30.4 Å². The number of methoxy groups -OCH3 is 2. The van der Waals surface area contributed by atoms with Crippen molar-refractivity contribution in [2.75, 3.05) is 20.8 Å². The molecule has 1 aliphatic heterocycles. The Bertz CT molecular complexity index is 490. The van der Waals surface area contributed by atoms with Gasteiger partial charge in [0, 0.05) is 18.7 Å². The van der Waals surface area contributed by atoms with Gasteiger partial charge in [-0.05, 0) is 37.1 Å². The first-order valence-corrected chi connectivity index (χ1v) is 7.37. The van der Waals surface area contributed by atoms with Crippen molar-refractivity contribution in [3.63, 3.8) is 0 Å². The fraction of sp³-hybridized carbons (Fsp3) is 0.562. The zero-order valence-corrected chi connectivity index (χ0v) is 12.8. The smallest absolute Gasteiger partial charge is 0.323 e. The number of hydrogen-bond acceptors (Lipinski definition) is 5. The number of nitrogens with two attached hydrogens (primary N) is 1. The molecule has 0 bridgehead atoms. The summed E-state index contributed by atoms with van der Waals surface area (Å²) in [4.78, 5) is 14.1. The van der Waals surface area contributed by atoms with E-state index in [9.17, 15) is 4.79 Å². The fourth-order valence-electron chi connectivity index (χ4n) is 2.91. The highest BCUT2D eigenvalue weighted by Gasteiger charge is 2.29. The third-order valence-electron chi connectivity index (χ3n) is 4.04. The number of carbonyl (C=O) groups is 1. The van der Waals surface area contributed by atoms with E-state index in [0.29, 0.717) is 6.54 Å². The highest BCUT2D eigenvalue weighted by Crippen LogP contribution is 2.24. The Hall–Kier alpha value is -1.59. The molecule has 1 unspecified atom stereocenters. The number of ether oxygens (including phenoxy) is 2. The third kappa shape index (κ3) is 3.74. The van der Waals surface area contributed by atoms with Crippen molar-refractivity contribution in [1.82, 2.24) is 4.90 Å². The van der Waals surface area contributed by atoms with Crippen molar-refractivity contribution in [2.45, 2.75) is 38.4 Å². The van der Waals surface area contributed by atoms with Crippen LogP contribution < -0.4 is 10.5 Å². The van der Waals surface area contributed by atoms with E-state index in [0.717, 1.165) is 49.2 Å². The normalized spacial score (nSPS) is 19.3.